The molecular weight excluding hydrogens is 415 g/mol. The Hall–Kier alpha value is -3.02. The summed E-state index contributed by atoms with van der Waals surface area (Å²) in [5.41, 5.74) is 8.86. The second kappa shape index (κ2) is 7.43. The van der Waals surface area contributed by atoms with Crippen LogP contribution in [0.1, 0.15) is 32.5 Å². The summed E-state index contributed by atoms with van der Waals surface area (Å²) in [6, 6.07) is 8.15. The van der Waals surface area contributed by atoms with Crippen molar-refractivity contribution in [3.05, 3.63) is 73.1 Å². The van der Waals surface area contributed by atoms with Crippen LogP contribution >= 0.6 is 22.9 Å². The number of halogens is 2. The van der Waals surface area contributed by atoms with Crippen molar-refractivity contribution in [2.45, 2.75) is 26.4 Å². The molecule has 1 aromatic carbocycles. The summed E-state index contributed by atoms with van der Waals surface area (Å²) in [4.78, 5) is 1.96. The zero-order valence-corrected chi connectivity index (χ0v) is 17.1. The van der Waals surface area contributed by atoms with E-state index >= 15 is 0 Å². The van der Waals surface area contributed by atoms with Gasteiger partial charge in [-0.3, -0.25) is 5.10 Å². The molecule has 3 heterocycles. The number of aromatic amines is 1. The van der Waals surface area contributed by atoms with Gasteiger partial charge >= 0.3 is 0 Å². The smallest absolute Gasteiger partial charge is 0.244 e. The van der Waals surface area contributed by atoms with Crippen molar-refractivity contribution in [3.63, 3.8) is 0 Å². The van der Waals surface area contributed by atoms with Crippen molar-refractivity contribution in [1.29, 1.82) is 5.26 Å². The fraction of sp³-hybridized carbons (Fsp3) is 0.200. The van der Waals surface area contributed by atoms with Gasteiger partial charge in [0.25, 0.3) is 0 Å². The molecule has 9 heteroatoms. The molecule has 1 atom stereocenters. The average Bonchev–Trinajstić information content (AvgIpc) is 3.22. The van der Waals surface area contributed by atoms with E-state index in [1.54, 1.807) is 11.3 Å². The summed E-state index contributed by atoms with van der Waals surface area (Å²) >= 11 is 7.58. The molecule has 0 saturated carbocycles. The first kappa shape index (κ1) is 19.3. The number of rotatable bonds is 4. The number of aryl methyl sites for hydroxylation is 2. The van der Waals surface area contributed by atoms with Crippen LogP contribution in [0.2, 0.25) is 5.02 Å². The number of nitrogens with zero attached hydrogens (tertiary/aromatic N) is 2. The molecule has 0 aliphatic carbocycles. The van der Waals surface area contributed by atoms with Crippen LogP contribution < -0.4 is 15.2 Å². The number of aromatic nitrogens is 2. The van der Waals surface area contributed by atoms with Gasteiger partial charge in [0.1, 0.15) is 29.8 Å². The lowest BCUT2D eigenvalue weighted by Gasteiger charge is -2.22. The number of allylic oxidation sites excluding steroid dienone is 1. The van der Waals surface area contributed by atoms with E-state index in [0.29, 0.717) is 17.2 Å². The molecule has 0 unspecified atom stereocenters. The summed E-state index contributed by atoms with van der Waals surface area (Å²) in [6.45, 7) is 4.11. The number of hydrogen-bond donors (Lipinski definition) is 2. The standard InChI is InChI=1S/C20H16ClFN4O2S/c1-9-17-18(13(7-23)19(24)28-20(17)26-25-9)16-5-11(10(2)29-16)8-27-15-4-3-12(22)6-14(15)21/h3-6,18H,8,24H2,1-2H3,(H,25,26)/t18-/m1/s1. The topological polar surface area (TPSA) is 97.0 Å². The van der Waals surface area contributed by atoms with Gasteiger partial charge < -0.3 is 15.2 Å². The van der Waals surface area contributed by atoms with Crippen molar-refractivity contribution in [2.75, 3.05) is 0 Å². The number of thiophene rings is 1. The lowest BCUT2D eigenvalue weighted by Crippen LogP contribution is -2.20. The lowest BCUT2D eigenvalue weighted by atomic mass is 9.88. The van der Waals surface area contributed by atoms with Gasteiger partial charge in [0.2, 0.25) is 11.8 Å². The number of hydrogen-bond acceptors (Lipinski definition) is 6. The molecule has 148 valence electrons. The summed E-state index contributed by atoms with van der Waals surface area (Å²) in [5, 5.41) is 16.9. The molecule has 1 aliphatic heterocycles. The van der Waals surface area contributed by atoms with Crippen molar-refractivity contribution in [3.8, 4) is 17.7 Å². The minimum absolute atomic E-state index is 0.0541. The maximum absolute atomic E-state index is 13.2. The van der Waals surface area contributed by atoms with Crippen LogP contribution in [0.15, 0.2) is 35.7 Å². The fourth-order valence-electron chi connectivity index (χ4n) is 3.26. The zero-order chi connectivity index (χ0) is 20.7. The molecule has 0 bridgehead atoms. The number of fused-ring (bicyclic) bond motifs is 1. The molecule has 6 nitrogen and oxygen atoms in total. The van der Waals surface area contributed by atoms with E-state index < -0.39 is 5.82 Å². The Bertz CT molecular complexity index is 1180. The largest absolute Gasteiger partial charge is 0.487 e. The highest BCUT2D eigenvalue weighted by molar-refractivity contribution is 7.12. The first-order valence-corrected chi connectivity index (χ1v) is 9.88. The number of nitrogens with one attached hydrogen (secondary N) is 1. The molecule has 0 fully saturated rings. The van der Waals surface area contributed by atoms with Crippen LogP contribution in [0.5, 0.6) is 11.6 Å². The lowest BCUT2D eigenvalue weighted by molar-refractivity contribution is 0.305. The van der Waals surface area contributed by atoms with Crippen molar-refractivity contribution in [2.24, 2.45) is 5.73 Å². The SMILES string of the molecule is Cc1[nH]nc2c1[C@@H](c1cc(COc3ccc(F)cc3Cl)c(C)s1)C(C#N)=C(N)O2. The Balaban J connectivity index is 1.67. The van der Waals surface area contributed by atoms with Crippen molar-refractivity contribution in [1.82, 2.24) is 10.2 Å². The zero-order valence-electron chi connectivity index (χ0n) is 15.5. The number of ether oxygens (including phenoxy) is 2. The normalized spacial score (nSPS) is 15.6. The van der Waals surface area contributed by atoms with Gasteiger partial charge in [-0.1, -0.05) is 11.6 Å². The number of nitriles is 1. The molecule has 29 heavy (non-hydrogen) atoms. The molecule has 1 aliphatic rings. The second-order valence-electron chi connectivity index (χ2n) is 6.59. The average molecular weight is 431 g/mol. The number of H-pyrrole nitrogens is 1. The van der Waals surface area contributed by atoms with Gasteiger partial charge in [-0.25, -0.2) is 4.39 Å². The third-order valence-electron chi connectivity index (χ3n) is 4.73. The minimum atomic E-state index is -0.421. The highest BCUT2D eigenvalue weighted by Crippen LogP contribution is 2.45. The van der Waals surface area contributed by atoms with E-state index in [2.05, 4.69) is 16.3 Å². The molecule has 0 saturated heterocycles. The Morgan fingerprint density at radius 2 is 2.21 bits per heavy atom. The van der Waals surface area contributed by atoms with E-state index in [1.165, 1.54) is 18.2 Å². The Morgan fingerprint density at radius 3 is 2.93 bits per heavy atom. The molecule has 0 spiro atoms. The third kappa shape index (κ3) is 3.43. The van der Waals surface area contributed by atoms with E-state index in [-0.39, 0.29) is 23.4 Å². The minimum Gasteiger partial charge on any atom is -0.487 e. The molecule has 3 aromatic rings. The predicted molar refractivity (Wildman–Crippen MR) is 107 cm³/mol. The van der Waals surface area contributed by atoms with Crippen LogP contribution in [0, 0.1) is 31.0 Å². The Labute approximate surface area is 175 Å². The number of nitrogens with two attached hydrogens (primary N) is 1. The summed E-state index contributed by atoms with van der Waals surface area (Å²) in [6.07, 6.45) is 0. The van der Waals surface area contributed by atoms with Crippen LogP contribution in [0.3, 0.4) is 0 Å². The Kier molecular flexibility index (Phi) is 4.94. The van der Waals surface area contributed by atoms with Gasteiger partial charge in [0.15, 0.2) is 0 Å². The molecule has 0 amide bonds. The van der Waals surface area contributed by atoms with E-state index in [9.17, 15) is 9.65 Å². The highest BCUT2D eigenvalue weighted by Gasteiger charge is 2.35. The molecule has 2 aromatic heterocycles. The van der Waals surface area contributed by atoms with Crippen LogP contribution in [-0.4, -0.2) is 10.2 Å². The Morgan fingerprint density at radius 1 is 1.41 bits per heavy atom. The van der Waals surface area contributed by atoms with E-state index in [4.69, 9.17) is 26.8 Å². The third-order valence-corrected chi connectivity index (χ3v) is 6.18. The number of benzene rings is 1. The maximum Gasteiger partial charge on any atom is 0.244 e. The van der Waals surface area contributed by atoms with E-state index in [0.717, 1.165) is 26.6 Å². The quantitative estimate of drug-likeness (QED) is 0.626. The molecule has 4 rings (SSSR count). The monoisotopic (exact) mass is 430 g/mol. The maximum atomic E-state index is 13.2. The summed E-state index contributed by atoms with van der Waals surface area (Å²) in [7, 11) is 0. The van der Waals surface area contributed by atoms with Crippen molar-refractivity contribution >= 4 is 22.9 Å². The van der Waals surface area contributed by atoms with Gasteiger partial charge in [0.05, 0.1) is 16.5 Å². The van der Waals surface area contributed by atoms with Gasteiger partial charge in [0, 0.05) is 21.0 Å². The first-order valence-electron chi connectivity index (χ1n) is 8.68. The van der Waals surface area contributed by atoms with Crippen LogP contribution in [0.25, 0.3) is 0 Å². The molecular formula is C20H16ClFN4O2S. The van der Waals surface area contributed by atoms with E-state index in [1.807, 2.05) is 19.9 Å². The van der Waals surface area contributed by atoms with Gasteiger partial charge in [-0.05, 0) is 38.1 Å². The molecule has 0 radical (unpaired) electrons. The predicted octanol–water partition coefficient (Wildman–Crippen LogP) is 4.68. The van der Waals surface area contributed by atoms with Crippen molar-refractivity contribution < 1.29 is 13.9 Å². The van der Waals surface area contributed by atoms with Crippen LogP contribution in [0.4, 0.5) is 4.39 Å². The fourth-order valence-corrected chi connectivity index (χ4v) is 4.64. The second-order valence-corrected chi connectivity index (χ2v) is 8.28. The summed E-state index contributed by atoms with van der Waals surface area (Å²) in [5.74, 6) is 0.0513. The first-order chi connectivity index (χ1) is 13.9. The van der Waals surface area contributed by atoms with Crippen LogP contribution in [-0.2, 0) is 6.61 Å². The molecule has 3 N–H and O–H groups in total. The highest BCUT2D eigenvalue weighted by atomic mass is 35.5. The van der Waals surface area contributed by atoms with Gasteiger partial charge in [-0.2, -0.15) is 5.26 Å². The van der Waals surface area contributed by atoms with Gasteiger partial charge in [-0.15, -0.1) is 16.4 Å². The summed E-state index contributed by atoms with van der Waals surface area (Å²) < 4.78 is 24.5.